The fraction of sp³-hybridized carbons (Fsp3) is 0.588. The highest BCUT2D eigenvalue weighted by atomic mass is 16.8. The van der Waals surface area contributed by atoms with Gasteiger partial charge in [-0.25, -0.2) is 19.8 Å². The number of rotatable bonds is 5. The third kappa shape index (κ3) is 3.73. The first-order valence-corrected chi connectivity index (χ1v) is 8.43. The van der Waals surface area contributed by atoms with Gasteiger partial charge in [-0.05, 0) is 45.6 Å². The van der Waals surface area contributed by atoms with Gasteiger partial charge in [-0.2, -0.15) is 5.10 Å². The summed E-state index contributed by atoms with van der Waals surface area (Å²) in [7, 11) is 0. The van der Waals surface area contributed by atoms with Crippen molar-refractivity contribution < 1.29 is 14.4 Å². The molecule has 1 atom stereocenters. The highest BCUT2D eigenvalue weighted by molar-refractivity contribution is 5.75. The van der Waals surface area contributed by atoms with Crippen molar-refractivity contribution in [1.29, 1.82) is 0 Å². The van der Waals surface area contributed by atoms with Gasteiger partial charge >= 0.3 is 0 Å². The molecule has 0 aromatic carbocycles. The van der Waals surface area contributed by atoms with Crippen molar-refractivity contribution in [3.8, 4) is 0 Å². The van der Waals surface area contributed by atoms with E-state index in [0.717, 1.165) is 47.6 Å². The molecule has 1 unspecified atom stereocenters. The highest BCUT2D eigenvalue weighted by Gasteiger charge is 2.17. The standard InChI is InChI=1S/C17H24N4O3/c1-11-10-15-18-12(2)14(13(3)21(15)19-11)7-8-16(22)20-24-17-6-4-5-9-23-17/h10,17H,4-9H2,1-3H3,(H,20,22). The zero-order valence-corrected chi connectivity index (χ0v) is 14.5. The van der Waals surface area contributed by atoms with Crippen LogP contribution < -0.4 is 5.48 Å². The largest absolute Gasteiger partial charge is 0.350 e. The molecule has 0 bridgehead atoms. The van der Waals surface area contributed by atoms with Gasteiger partial charge in [0.25, 0.3) is 0 Å². The maximum atomic E-state index is 12.0. The van der Waals surface area contributed by atoms with Crippen molar-refractivity contribution >= 4 is 11.6 Å². The van der Waals surface area contributed by atoms with Gasteiger partial charge in [0.1, 0.15) is 0 Å². The molecule has 130 valence electrons. The molecule has 1 fully saturated rings. The van der Waals surface area contributed by atoms with Gasteiger partial charge in [0.15, 0.2) is 11.9 Å². The monoisotopic (exact) mass is 332 g/mol. The smallest absolute Gasteiger partial charge is 0.243 e. The molecule has 1 aliphatic rings. The molecular formula is C17H24N4O3. The van der Waals surface area contributed by atoms with E-state index in [1.165, 1.54) is 0 Å². The second-order valence-corrected chi connectivity index (χ2v) is 6.26. The Kier molecular flexibility index (Phi) is 5.11. The van der Waals surface area contributed by atoms with E-state index >= 15 is 0 Å². The Balaban J connectivity index is 1.59. The maximum absolute atomic E-state index is 12.0. The van der Waals surface area contributed by atoms with E-state index in [1.54, 1.807) is 0 Å². The van der Waals surface area contributed by atoms with Crippen LogP contribution in [-0.4, -0.2) is 33.4 Å². The first-order chi connectivity index (χ1) is 11.5. The normalized spacial score (nSPS) is 18.0. The number of hydrogen-bond donors (Lipinski definition) is 1. The van der Waals surface area contributed by atoms with Crippen molar-refractivity contribution in [2.45, 2.75) is 59.2 Å². The molecule has 0 radical (unpaired) electrons. The van der Waals surface area contributed by atoms with Crippen LogP contribution in [0.2, 0.25) is 0 Å². The molecule has 24 heavy (non-hydrogen) atoms. The van der Waals surface area contributed by atoms with Gasteiger partial charge in [0.2, 0.25) is 5.91 Å². The Morgan fingerprint density at radius 3 is 3.00 bits per heavy atom. The van der Waals surface area contributed by atoms with E-state index in [0.29, 0.717) is 19.4 Å². The number of nitrogens with zero attached hydrogens (tertiary/aromatic N) is 3. The number of amides is 1. The lowest BCUT2D eigenvalue weighted by Crippen LogP contribution is -2.33. The molecule has 0 aliphatic carbocycles. The van der Waals surface area contributed by atoms with Crippen LogP contribution in [0.15, 0.2) is 6.07 Å². The van der Waals surface area contributed by atoms with E-state index in [1.807, 2.05) is 31.4 Å². The summed E-state index contributed by atoms with van der Waals surface area (Å²) >= 11 is 0. The molecular weight excluding hydrogens is 308 g/mol. The van der Waals surface area contributed by atoms with Crippen molar-refractivity contribution in [3.63, 3.8) is 0 Å². The van der Waals surface area contributed by atoms with Gasteiger partial charge in [-0.1, -0.05) is 0 Å². The van der Waals surface area contributed by atoms with Gasteiger partial charge in [0, 0.05) is 36.9 Å². The average Bonchev–Trinajstić information content (AvgIpc) is 2.94. The topological polar surface area (TPSA) is 77.8 Å². The van der Waals surface area contributed by atoms with Gasteiger partial charge in [0.05, 0.1) is 5.69 Å². The summed E-state index contributed by atoms with van der Waals surface area (Å²) in [5, 5.41) is 4.45. The Labute approximate surface area is 141 Å². The van der Waals surface area contributed by atoms with Crippen LogP contribution in [0.25, 0.3) is 5.65 Å². The predicted octanol–water partition coefficient (Wildman–Crippen LogP) is 2.16. The second kappa shape index (κ2) is 7.27. The SMILES string of the molecule is Cc1cc2nc(C)c(CCC(=O)NOC3CCCCO3)c(C)n2n1. The summed E-state index contributed by atoms with van der Waals surface area (Å²) in [6.07, 6.45) is 3.54. The molecule has 3 heterocycles. The Bertz CT molecular complexity index is 735. The number of carbonyl (C=O) groups is 1. The summed E-state index contributed by atoms with van der Waals surface area (Å²) < 4.78 is 7.26. The first kappa shape index (κ1) is 16.9. The number of carbonyl (C=O) groups excluding carboxylic acids is 1. The quantitative estimate of drug-likeness (QED) is 0.849. The van der Waals surface area contributed by atoms with Crippen LogP contribution in [0.3, 0.4) is 0 Å². The molecule has 1 N–H and O–H groups in total. The van der Waals surface area contributed by atoms with Crippen molar-refractivity contribution in [3.05, 3.63) is 28.7 Å². The van der Waals surface area contributed by atoms with E-state index in [-0.39, 0.29) is 12.2 Å². The average molecular weight is 332 g/mol. The predicted molar refractivity (Wildman–Crippen MR) is 88.3 cm³/mol. The molecule has 2 aromatic heterocycles. The van der Waals surface area contributed by atoms with E-state index < -0.39 is 0 Å². The van der Waals surface area contributed by atoms with Crippen molar-refractivity contribution in [1.82, 2.24) is 20.1 Å². The minimum absolute atomic E-state index is 0.153. The summed E-state index contributed by atoms with van der Waals surface area (Å²) in [6, 6.07) is 1.95. The molecule has 7 nitrogen and oxygen atoms in total. The van der Waals surface area contributed by atoms with Crippen molar-refractivity contribution in [2.75, 3.05) is 6.61 Å². The van der Waals surface area contributed by atoms with E-state index in [2.05, 4.69) is 15.6 Å². The van der Waals surface area contributed by atoms with Crippen LogP contribution in [0.5, 0.6) is 0 Å². The number of ether oxygens (including phenoxy) is 1. The van der Waals surface area contributed by atoms with Crippen LogP contribution in [0.1, 0.15) is 48.3 Å². The molecule has 0 spiro atoms. The molecule has 7 heteroatoms. The van der Waals surface area contributed by atoms with E-state index in [9.17, 15) is 4.79 Å². The van der Waals surface area contributed by atoms with Crippen LogP contribution in [-0.2, 0) is 20.8 Å². The van der Waals surface area contributed by atoms with E-state index in [4.69, 9.17) is 9.57 Å². The zero-order chi connectivity index (χ0) is 17.1. The van der Waals surface area contributed by atoms with Crippen LogP contribution in [0, 0.1) is 20.8 Å². The summed E-state index contributed by atoms with van der Waals surface area (Å²) in [6.45, 7) is 6.61. The number of aryl methyl sites for hydroxylation is 3. The van der Waals surface area contributed by atoms with Gasteiger partial charge in [-0.15, -0.1) is 0 Å². The third-order valence-electron chi connectivity index (χ3n) is 4.33. The second-order valence-electron chi connectivity index (χ2n) is 6.26. The molecule has 1 saturated heterocycles. The minimum atomic E-state index is -0.323. The van der Waals surface area contributed by atoms with Gasteiger partial charge < -0.3 is 4.74 Å². The van der Waals surface area contributed by atoms with Crippen LogP contribution >= 0.6 is 0 Å². The lowest BCUT2D eigenvalue weighted by Gasteiger charge is -2.22. The summed E-state index contributed by atoms with van der Waals surface area (Å²) in [5.41, 5.74) is 7.28. The molecule has 1 aliphatic heterocycles. The molecule has 3 rings (SSSR count). The van der Waals surface area contributed by atoms with Crippen LogP contribution in [0.4, 0.5) is 0 Å². The third-order valence-corrected chi connectivity index (χ3v) is 4.33. The summed E-state index contributed by atoms with van der Waals surface area (Å²) in [4.78, 5) is 21.9. The fourth-order valence-electron chi connectivity index (χ4n) is 3.03. The number of fused-ring (bicyclic) bond motifs is 1. The number of aromatic nitrogens is 3. The Morgan fingerprint density at radius 1 is 1.42 bits per heavy atom. The maximum Gasteiger partial charge on any atom is 0.243 e. The number of hydrogen-bond acceptors (Lipinski definition) is 5. The highest BCUT2D eigenvalue weighted by Crippen LogP contribution is 2.17. The number of hydroxylamine groups is 1. The first-order valence-electron chi connectivity index (χ1n) is 8.43. The summed E-state index contributed by atoms with van der Waals surface area (Å²) in [5.74, 6) is -0.153. The van der Waals surface area contributed by atoms with Crippen molar-refractivity contribution in [2.24, 2.45) is 0 Å². The molecule has 2 aromatic rings. The zero-order valence-electron chi connectivity index (χ0n) is 14.5. The Hall–Kier alpha value is -1.99. The Morgan fingerprint density at radius 2 is 2.25 bits per heavy atom. The molecule has 1 amide bonds. The number of nitrogens with one attached hydrogen (secondary N) is 1. The minimum Gasteiger partial charge on any atom is -0.350 e. The van der Waals surface area contributed by atoms with Gasteiger partial charge in [-0.3, -0.25) is 4.79 Å². The molecule has 0 saturated carbocycles. The lowest BCUT2D eigenvalue weighted by atomic mass is 10.1. The lowest BCUT2D eigenvalue weighted by molar-refractivity contribution is -0.200. The fourth-order valence-corrected chi connectivity index (χ4v) is 3.03.